The largest absolute Gasteiger partial charge is 0.377 e. The Morgan fingerprint density at radius 1 is 1.39 bits per heavy atom. The summed E-state index contributed by atoms with van der Waals surface area (Å²) in [7, 11) is 1.54. The van der Waals surface area contributed by atoms with Crippen LogP contribution in [0, 0.1) is 11.8 Å². The zero-order chi connectivity index (χ0) is 16.4. The smallest absolute Gasteiger partial charge is 0.232 e. The van der Waals surface area contributed by atoms with E-state index < -0.39 is 11.8 Å². The first-order valence-corrected chi connectivity index (χ1v) is 7.64. The van der Waals surface area contributed by atoms with Crippen molar-refractivity contribution in [1.82, 2.24) is 15.0 Å². The van der Waals surface area contributed by atoms with Crippen molar-refractivity contribution in [2.75, 3.05) is 20.2 Å². The Morgan fingerprint density at radius 2 is 2.13 bits per heavy atom. The van der Waals surface area contributed by atoms with Crippen LogP contribution in [-0.2, 0) is 20.9 Å². The van der Waals surface area contributed by atoms with Crippen molar-refractivity contribution in [3.8, 4) is 0 Å². The molecule has 2 aliphatic rings. The van der Waals surface area contributed by atoms with Gasteiger partial charge < -0.3 is 19.9 Å². The molecule has 1 aromatic heterocycles. The molecule has 1 fully saturated rings. The van der Waals surface area contributed by atoms with E-state index in [0.717, 1.165) is 12.8 Å². The van der Waals surface area contributed by atoms with Crippen LogP contribution in [0.2, 0.25) is 0 Å². The average Bonchev–Trinajstić information content (AvgIpc) is 3.26. The van der Waals surface area contributed by atoms with Crippen LogP contribution in [0.15, 0.2) is 16.7 Å². The van der Waals surface area contributed by atoms with Gasteiger partial charge in [0.15, 0.2) is 5.82 Å². The van der Waals surface area contributed by atoms with E-state index in [2.05, 4.69) is 10.1 Å². The summed E-state index contributed by atoms with van der Waals surface area (Å²) in [5.74, 6) is -0.556. The molecule has 124 valence electrons. The third-order valence-corrected chi connectivity index (χ3v) is 4.43. The molecule has 8 heteroatoms. The fourth-order valence-electron chi connectivity index (χ4n) is 3.21. The van der Waals surface area contributed by atoms with E-state index in [1.807, 2.05) is 12.2 Å². The third kappa shape index (κ3) is 3.12. The number of allylic oxidation sites excluding steroid dienone is 2. The van der Waals surface area contributed by atoms with Gasteiger partial charge in [0.1, 0.15) is 6.61 Å². The van der Waals surface area contributed by atoms with Crippen molar-refractivity contribution in [3.05, 3.63) is 23.9 Å². The molecule has 2 amide bonds. The molecule has 1 aliphatic heterocycles. The monoisotopic (exact) mass is 320 g/mol. The zero-order valence-electron chi connectivity index (χ0n) is 13.0. The van der Waals surface area contributed by atoms with Gasteiger partial charge in [-0.1, -0.05) is 17.3 Å². The van der Waals surface area contributed by atoms with Gasteiger partial charge in [-0.15, -0.1) is 0 Å². The lowest BCUT2D eigenvalue weighted by atomic mass is 9.95. The topological polar surface area (TPSA) is 112 Å². The summed E-state index contributed by atoms with van der Waals surface area (Å²) in [4.78, 5) is 30.2. The van der Waals surface area contributed by atoms with Gasteiger partial charge in [-0.25, -0.2) is 0 Å². The fraction of sp³-hybridized carbons (Fsp3) is 0.600. The van der Waals surface area contributed by atoms with Gasteiger partial charge in [-0.3, -0.25) is 9.59 Å². The molecule has 1 saturated heterocycles. The zero-order valence-corrected chi connectivity index (χ0v) is 13.0. The predicted molar refractivity (Wildman–Crippen MR) is 78.9 cm³/mol. The Morgan fingerprint density at radius 3 is 2.78 bits per heavy atom. The highest BCUT2D eigenvalue weighted by Crippen LogP contribution is 2.33. The number of nitrogens with two attached hydrogens (primary N) is 1. The Balaban J connectivity index is 1.75. The molecule has 0 radical (unpaired) electrons. The summed E-state index contributed by atoms with van der Waals surface area (Å²) in [6.07, 6.45) is 5.52. The van der Waals surface area contributed by atoms with E-state index in [1.165, 1.54) is 7.11 Å². The second-order valence-electron chi connectivity index (χ2n) is 5.98. The van der Waals surface area contributed by atoms with Crippen LogP contribution in [0.4, 0.5) is 0 Å². The first kappa shape index (κ1) is 15.7. The van der Waals surface area contributed by atoms with Gasteiger partial charge in [0.2, 0.25) is 17.7 Å². The first-order valence-electron chi connectivity index (χ1n) is 7.64. The maximum absolute atomic E-state index is 12.5. The van der Waals surface area contributed by atoms with Crippen molar-refractivity contribution >= 4 is 11.8 Å². The van der Waals surface area contributed by atoms with Crippen LogP contribution in [0.3, 0.4) is 0 Å². The highest BCUT2D eigenvalue weighted by Gasteiger charge is 2.43. The number of hydrogen-bond acceptors (Lipinski definition) is 6. The molecule has 2 N–H and O–H groups in total. The minimum Gasteiger partial charge on any atom is -0.377 e. The van der Waals surface area contributed by atoms with Gasteiger partial charge in [-0.2, -0.15) is 4.98 Å². The Bertz CT molecular complexity index is 619. The summed E-state index contributed by atoms with van der Waals surface area (Å²) < 4.78 is 10.2. The number of hydrogen-bond donors (Lipinski definition) is 1. The van der Waals surface area contributed by atoms with Crippen LogP contribution in [0.25, 0.3) is 0 Å². The van der Waals surface area contributed by atoms with Crippen LogP contribution < -0.4 is 5.73 Å². The molecule has 2 unspecified atom stereocenters. The normalized spacial score (nSPS) is 24.5. The molecule has 0 spiro atoms. The molecule has 8 nitrogen and oxygen atoms in total. The SMILES string of the molecule is COCc1noc(C2CN(C(=O)C3CC=CC3)CC2C(N)=O)n1. The summed E-state index contributed by atoms with van der Waals surface area (Å²) in [6, 6.07) is 0. The number of carbonyl (C=O) groups is 2. The molecule has 2 atom stereocenters. The number of carbonyl (C=O) groups excluding carboxylic acids is 2. The molecule has 2 heterocycles. The lowest BCUT2D eigenvalue weighted by molar-refractivity contribution is -0.134. The number of methoxy groups -OCH3 is 1. The van der Waals surface area contributed by atoms with Gasteiger partial charge in [-0.05, 0) is 12.8 Å². The van der Waals surface area contributed by atoms with E-state index >= 15 is 0 Å². The number of aromatic nitrogens is 2. The summed E-state index contributed by atoms with van der Waals surface area (Å²) in [6.45, 7) is 0.905. The number of nitrogens with zero attached hydrogens (tertiary/aromatic N) is 3. The standard InChI is InChI=1S/C15H20N4O4/c1-22-8-12-17-14(23-18-12)11-7-19(6-10(11)13(16)20)15(21)9-4-2-3-5-9/h2-3,9-11H,4-8H2,1H3,(H2,16,20). The Labute approximate surface area is 133 Å². The molecular weight excluding hydrogens is 300 g/mol. The third-order valence-electron chi connectivity index (χ3n) is 4.43. The van der Waals surface area contributed by atoms with Crippen molar-refractivity contribution in [2.45, 2.75) is 25.4 Å². The van der Waals surface area contributed by atoms with E-state index in [4.69, 9.17) is 15.0 Å². The predicted octanol–water partition coefficient (Wildman–Crippen LogP) is 0.210. The maximum atomic E-state index is 12.5. The second-order valence-corrected chi connectivity index (χ2v) is 5.98. The molecule has 0 bridgehead atoms. The summed E-state index contributed by atoms with van der Waals surface area (Å²) in [5.41, 5.74) is 5.50. The minimum absolute atomic E-state index is 0.0333. The summed E-state index contributed by atoms with van der Waals surface area (Å²) in [5, 5.41) is 3.81. The molecule has 1 aromatic rings. The van der Waals surface area contributed by atoms with Gasteiger partial charge in [0.25, 0.3) is 0 Å². The Kier molecular flexibility index (Phi) is 4.42. The quantitative estimate of drug-likeness (QED) is 0.776. The van der Waals surface area contributed by atoms with Gasteiger partial charge >= 0.3 is 0 Å². The molecule has 0 aromatic carbocycles. The fourth-order valence-corrected chi connectivity index (χ4v) is 3.21. The lowest BCUT2D eigenvalue weighted by Crippen LogP contribution is -2.35. The van der Waals surface area contributed by atoms with Gasteiger partial charge in [0.05, 0.1) is 11.8 Å². The number of amides is 2. The van der Waals surface area contributed by atoms with Crippen LogP contribution in [-0.4, -0.2) is 47.1 Å². The van der Waals surface area contributed by atoms with Crippen LogP contribution in [0.1, 0.15) is 30.5 Å². The van der Waals surface area contributed by atoms with Crippen molar-refractivity contribution in [3.63, 3.8) is 0 Å². The average molecular weight is 320 g/mol. The molecular formula is C15H20N4O4. The second kappa shape index (κ2) is 6.49. The van der Waals surface area contributed by atoms with Crippen LogP contribution in [0.5, 0.6) is 0 Å². The van der Waals surface area contributed by atoms with Crippen molar-refractivity contribution < 1.29 is 18.8 Å². The van der Waals surface area contributed by atoms with Gasteiger partial charge in [0, 0.05) is 26.1 Å². The molecule has 1 aliphatic carbocycles. The van der Waals surface area contributed by atoms with E-state index in [9.17, 15) is 9.59 Å². The molecule has 0 saturated carbocycles. The highest BCUT2D eigenvalue weighted by atomic mass is 16.5. The van der Waals surface area contributed by atoms with Crippen molar-refractivity contribution in [2.24, 2.45) is 17.6 Å². The molecule has 23 heavy (non-hydrogen) atoms. The first-order chi connectivity index (χ1) is 11.1. The van der Waals surface area contributed by atoms with Crippen molar-refractivity contribution in [1.29, 1.82) is 0 Å². The maximum Gasteiger partial charge on any atom is 0.232 e. The Hall–Kier alpha value is -2.22. The van der Waals surface area contributed by atoms with E-state index in [0.29, 0.717) is 24.8 Å². The lowest BCUT2D eigenvalue weighted by Gasteiger charge is -2.20. The number of likely N-dealkylation sites (tertiary alicyclic amines) is 1. The number of ether oxygens (including phenoxy) is 1. The minimum atomic E-state index is -0.510. The van der Waals surface area contributed by atoms with E-state index in [-0.39, 0.29) is 24.3 Å². The number of rotatable bonds is 5. The summed E-state index contributed by atoms with van der Waals surface area (Å²) >= 11 is 0. The van der Waals surface area contributed by atoms with E-state index in [1.54, 1.807) is 4.90 Å². The van der Waals surface area contributed by atoms with Crippen LogP contribution >= 0.6 is 0 Å². The highest BCUT2D eigenvalue weighted by molar-refractivity contribution is 5.83. The molecule has 3 rings (SSSR count). The number of primary amides is 1.